The van der Waals surface area contributed by atoms with E-state index in [9.17, 15) is 0 Å². The van der Waals surface area contributed by atoms with Gasteiger partial charge in [0.25, 0.3) is 0 Å². The SMILES string of the molecule is Cc1cccc2c1N(CCCN(C)CCCn1c3ccccc3c3ccccc31)c1c(Cl)cccc1S2. The molecule has 5 aromatic rings. The fourth-order valence-electron chi connectivity index (χ4n) is 5.71. The van der Waals surface area contributed by atoms with Crippen molar-refractivity contribution in [2.24, 2.45) is 0 Å². The molecule has 37 heavy (non-hydrogen) atoms. The molecule has 1 aliphatic heterocycles. The predicted octanol–water partition coefficient (Wildman–Crippen LogP) is 8.77. The first-order chi connectivity index (χ1) is 18.1. The van der Waals surface area contributed by atoms with E-state index in [0.29, 0.717) is 0 Å². The average Bonchev–Trinajstić information content (AvgIpc) is 3.22. The van der Waals surface area contributed by atoms with Crippen LogP contribution in [0.1, 0.15) is 18.4 Å². The van der Waals surface area contributed by atoms with E-state index in [1.807, 2.05) is 17.8 Å². The van der Waals surface area contributed by atoms with Gasteiger partial charge in [0.15, 0.2) is 0 Å². The lowest BCUT2D eigenvalue weighted by Crippen LogP contribution is -2.28. The van der Waals surface area contributed by atoms with Crippen LogP contribution >= 0.6 is 23.4 Å². The molecule has 1 aromatic heterocycles. The highest BCUT2D eigenvalue weighted by Gasteiger charge is 2.26. The van der Waals surface area contributed by atoms with E-state index in [0.717, 1.165) is 49.7 Å². The monoisotopic (exact) mass is 525 g/mol. The van der Waals surface area contributed by atoms with Gasteiger partial charge in [0.05, 0.1) is 16.4 Å². The smallest absolute Gasteiger partial charge is 0.0742 e. The Balaban J connectivity index is 1.11. The molecule has 1 aliphatic rings. The largest absolute Gasteiger partial charge is 0.340 e. The van der Waals surface area contributed by atoms with E-state index in [1.54, 1.807) is 0 Å². The molecule has 0 fully saturated rings. The average molecular weight is 526 g/mol. The number of hydrogen-bond donors (Lipinski definition) is 0. The highest BCUT2D eigenvalue weighted by atomic mass is 35.5. The van der Waals surface area contributed by atoms with E-state index < -0.39 is 0 Å². The summed E-state index contributed by atoms with van der Waals surface area (Å²) >= 11 is 8.56. The van der Waals surface area contributed by atoms with Crippen molar-refractivity contribution in [3.63, 3.8) is 0 Å². The molecule has 6 rings (SSSR count). The summed E-state index contributed by atoms with van der Waals surface area (Å²) in [6.45, 7) is 6.31. The second kappa shape index (κ2) is 10.4. The molecule has 0 radical (unpaired) electrons. The van der Waals surface area contributed by atoms with Gasteiger partial charge in [-0.3, -0.25) is 0 Å². The molecular formula is C32H32ClN3S. The highest BCUT2D eigenvalue weighted by molar-refractivity contribution is 7.99. The minimum Gasteiger partial charge on any atom is -0.340 e. The molecule has 0 amide bonds. The number of anilines is 2. The van der Waals surface area contributed by atoms with Crippen molar-refractivity contribution in [3.8, 4) is 0 Å². The van der Waals surface area contributed by atoms with Crippen LogP contribution in [0.15, 0.2) is 94.7 Å². The number of benzene rings is 4. The van der Waals surface area contributed by atoms with Crippen LogP contribution in [0.4, 0.5) is 11.4 Å². The second-order valence-corrected chi connectivity index (χ2v) is 11.4. The van der Waals surface area contributed by atoms with Gasteiger partial charge in [0.1, 0.15) is 0 Å². The van der Waals surface area contributed by atoms with Crippen LogP contribution in [-0.4, -0.2) is 36.1 Å². The molecule has 0 unspecified atom stereocenters. The summed E-state index contributed by atoms with van der Waals surface area (Å²) in [6.07, 6.45) is 2.20. The van der Waals surface area contributed by atoms with Crippen LogP contribution in [0.2, 0.25) is 5.02 Å². The van der Waals surface area contributed by atoms with Crippen LogP contribution < -0.4 is 4.90 Å². The van der Waals surface area contributed by atoms with Gasteiger partial charge in [-0.2, -0.15) is 0 Å². The summed E-state index contributed by atoms with van der Waals surface area (Å²) in [4.78, 5) is 7.48. The first-order valence-corrected chi connectivity index (χ1v) is 14.3. The van der Waals surface area contributed by atoms with Gasteiger partial charge in [0, 0.05) is 44.7 Å². The van der Waals surface area contributed by atoms with Crippen LogP contribution in [0.5, 0.6) is 0 Å². The standard InChI is InChI=1S/C32H32ClN3S/c1-23-11-7-17-29-31(23)36(32-26(33)14-8-18-30(32)37-29)22-10-20-34(2)19-9-21-35-27-15-5-3-12-24(27)25-13-4-6-16-28(25)35/h3-8,11-18H,9-10,19-22H2,1-2H3. The Hall–Kier alpha value is -2.92. The molecule has 0 saturated carbocycles. The van der Waals surface area contributed by atoms with Gasteiger partial charge >= 0.3 is 0 Å². The molecule has 0 N–H and O–H groups in total. The van der Waals surface area contributed by atoms with Crippen LogP contribution in [0, 0.1) is 6.92 Å². The van der Waals surface area contributed by atoms with Crippen molar-refractivity contribution in [2.45, 2.75) is 36.1 Å². The van der Waals surface area contributed by atoms with Crippen molar-refractivity contribution in [3.05, 3.63) is 95.5 Å². The third-order valence-corrected chi connectivity index (χ3v) is 8.84. The maximum absolute atomic E-state index is 6.73. The van der Waals surface area contributed by atoms with Crippen molar-refractivity contribution in [1.29, 1.82) is 0 Å². The lowest BCUT2D eigenvalue weighted by atomic mass is 10.1. The van der Waals surface area contributed by atoms with Crippen LogP contribution in [0.25, 0.3) is 21.8 Å². The van der Waals surface area contributed by atoms with Gasteiger partial charge in [-0.15, -0.1) is 0 Å². The molecule has 0 atom stereocenters. The Morgan fingerprint density at radius 3 is 2.00 bits per heavy atom. The molecule has 0 aliphatic carbocycles. The topological polar surface area (TPSA) is 11.4 Å². The molecule has 2 heterocycles. The van der Waals surface area contributed by atoms with E-state index in [-0.39, 0.29) is 0 Å². The van der Waals surface area contributed by atoms with Crippen LogP contribution in [-0.2, 0) is 6.54 Å². The molecule has 5 heteroatoms. The first-order valence-electron chi connectivity index (χ1n) is 13.1. The number of aromatic nitrogens is 1. The number of aryl methyl sites for hydroxylation is 2. The summed E-state index contributed by atoms with van der Waals surface area (Å²) in [5.74, 6) is 0. The van der Waals surface area contributed by atoms with Crippen LogP contribution in [0.3, 0.4) is 0 Å². The second-order valence-electron chi connectivity index (χ2n) is 9.96. The summed E-state index contributed by atoms with van der Waals surface area (Å²) in [5, 5.41) is 3.53. The molecule has 188 valence electrons. The zero-order valence-electron chi connectivity index (χ0n) is 21.5. The van der Waals surface area contributed by atoms with E-state index in [1.165, 1.54) is 42.8 Å². The van der Waals surface area contributed by atoms with E-state index >= 15 is 0 Å². The Morgan fingerprint density at radius 1 is 0.703 bits per heavy atom. The molecule has 0 saturated heterocycles. The molecule has 0 spiro atoms. The fourth-order valence-corrected chi connectivity index (χ4v) is 7.25. The number of rotatable bonds is 8. The number of hydrogen-bond acceptors (Lipinski definition) is 3. The van der Waals surface area contributed by atoms with E-state index in [2.05, 4.69) is 107 Å². The Labute approximate surface area is 228 Å². The molecular weight excluding hydrogens is 494 g/mol. The summed E-state index contributed by atoms with van der Waals surface area (Å²) in [5.41, 5.74) is 6.43. The maximum Gasteiger partial charge on any atom is 0.0742 e. The van der Waals surface area contributed by atoms with Crippen molar-refractivity contribution in [1.82, 2.24) is 9.47 Å². The lowest BCUT2D eigenvalue weighted by molar-refractivity contribution is 0.320. The molecule has 0 bridgehead atoms. The van der Waals surface area contributed by atoms with Crippen molar-refractivity contribution in [2.75, 3.05) is 31.6 Å². The van der Waals surface area contributed by atoms with Gasteiger partial charge in [-0.1, -0.05) is 78.0 Å². The van der Waals surface area contributed by atoms with Crippen molar-refractivity contribution >= 4 is 56.5 Å². The summed E-state index contributed by atoms with van der Waals surface area (Å²) in [6, 6.07) is 30.4. The summed E-state index contributed by atoms with van der Waals surface area (Å²) < 4.78 is 2.49. The third kappa shape index (κ3) is 4.63. The number of nitrogens with zero attached hydrogens (tertiary/aromatic N) is 3. The Kier molecular flexibility index (Phi) is 6.90. The lowest BCUT2D eigenvalue weighted by Gasteiger charge is -2.35. The number of halogens is 1. The fraction of sp³-hybridized carbons (Fsp3) is 0.250. The molecule has 3 nitrogen and oxygen atoms in total. The minimum absolute atomic E-state index is 0.832. The van der Waals surface area contributed by atoms with E-state index in [4.69, 9.17) is 11.6 Å². The Morgan fingerprint density at radius 2 is 1.30 bits per heavy atom. The maximum atomic E-state index is 6.73. The molecule has 4 aromatic carbocycles. The third-order valence-electron chi connectivity index (χ3n) is 7.43. The highest BCUT2D eigenvalue weighted by Crippen LogP contribution is 2.51. The quantitative estimate of drug-likeness (QED) is 0.201. The number of para-hydroxylation sites is 4. The number of fused-ring (bicyclic) bond motifs is 5. The summed E-state index contributed by atoms with van der Waals surface area (Å²) in [7, 11) is 2.25. The normalized spacial score (nSPS) is 12.9. The zero-order chi connectivity index (χ0) is 25.4. The minimum atomic E-state index is 0.832. The first kappa shape index (κ1) is 24.4. The Bertz CT molecular complexity index is 1470. The van der Waals surface area contributed by atoms with Gasteiger partial charge in [-0.25, -0.2) is 0 Å². The van der Waals surface area contributed by atoms with Crippen molar-refractivity contribution < 1.29 is 0 Å². The predicted molar refractivity (Wildman–Crippen MR) is 160 cm³/mol. The zero-order valence-corrected chi connectivity index (χ0v) is 23.0. The van der Waals surface area contributed by atoms with Gasteiger partial charge in [-0.05, 0) is 75.8 Å². The van der Waals surface area contributed by atoms with Gasteiger partial charge in [0.2, 0.25) is 0 Å². The van der Waals surface area contributed by atoms with Gasteiger partial charge < -0.3 is 14.4 Å².